The third kappa shape index (κ3) is 5.60. The van der Waals surface area contributed by atoms with E-state index in [-0.39, 0.29) is 12.1 Å². The largest absolute Gasteiger partial charge is 0.478 e. The zero-order chi connectivity index (χ0) is 25.2. The molecule has 0 spiro atoms. The van der Waals surface area contributed by atoms with E-state index in [0.29, 0.717) is 17.0 Å². The van der Waals surface area contributed by atoms with Crippen molar-refractivity contribution in [1.82, 2.24) is 4.57 Å². The molecular formula is C26H29N3O5S. The zero-order valence-corrected chi connectivity index (χ0v) is 20.9. The van der Waals surface area contributed by atoms with Gasteiger partial charge in [0.05, 0.1) is 22.9 Å². The van der Waals surface area contributed by atoms with Gasteiger partial charge in [-0.15, -0.1) is 0 Å². The van der Waals surface area contributed by atoms with Crippen molar-refractivity contribution in [2.75, 3.05) is 17.5 Å². The van der Waals surface area contributed by atoms with Crippen LogP contribution in [0, 0.1) is 11.3 Å². The van der Waals surface area contributed by atoms with Crippen LogP contribution in [0.3, 0.4) is 0 Å². The van der Waals surface area contributed by atoms with E-state index in [1.807, 2.05) is 24.3 Å². The Hall–Kier alpha value is -3.51. The maximum atomic E-state index is 11.9. The number of fused-ring (bicyclic) bond motifs is 1. The van der Waals surface area contributed by atoms with E-state index in [9.17, 15) is 18.5 Å². The molecule has 0 bridgehead atoms. The lowest BCUT2D eigenvalue weighted by Gasteiger charge is -2.19. The Labute approximate surface area is 205 Å². The monoisotopic (exact) mass is 495 g/mol. The normalized spacial score (nSPS) is 14.3. The van der Waals surface area contributed by atoms with Crippen molar-refractivity contribution >= 4 is 32.5 Å². The Kier molecular flexibility index (Phi) is 7.03. The molecular weight excluding hydrogens is 466 g/mol. The number of rotatable bonds is 7. The maximum Gasteiger partial charge on any atom is 0.411 e. The highest BCUT2D eigenvalue weighted by molar-refractivity contribution is 7.90. The molecule has 1 N–H and O–H groups in total. The van der Waals surface area contributed by atoms with Crippen LogP contribution in [-0.4, -0.2) is 37.4 Å². The van der Waals surface area contributed by atoms with Crippen LogP contribution in [-0.2, 0) is 14.6 Å². The van der Waals surface area contributed by atoms with Crippen molar-refractivity contribution in [3.05, 3.63) is 48.0 Å². The van der Waals surface area contributed by atoms with Gasteiger partial charge >= 0.3 is 6.09 Å². The predicted octanol–water partition coefficient (Wildman–Crippen LogP) is 5.63. The average Bonchev–Trinajstić information content (AvgIpc) is 3.42. The molecule has 1 heterocycles. The number of sulfone groups is 1. The fraction of sp³-hybridized carbons (Fsp3) is 0.385. The third-order valence-corrected chi connectivity index (χ3v) is 6.51. The molecule has 1 fully saturated rings. The highest BCUT2D eigenvalue weighted by Gasteiger charge is 2.26. The van der Waals surface area contributed by atoms with Crippen LogP contribution in [0.5, 0.6) is 5.75 Å². The van der Waals surface area contributed by atoms with Crippen molar-refractivity contribution in [2.24, 2.45) is 0 Å². The number of nitrogens with one attached hydrogen (secondary N) is 1. The highest BCUT2D eigenvalue weighted by atomic mass is 32.2. The number of nitriles is 1. The summed E-state index contributed by atoms with van der Waals surface area (Å²) >= 11 is 0. The third-order valence-electron chi connectivity index (χ3n) is 5.96. The number of benzene rings is 2. The smallest absolute Gasteiger partial charge is 0.411 e. The summed E-state index contributed by atoms with van der Waals surface area (Å²) in [5, 5.41) is 13.6. The molecule has 1 aliphatic rings. The fourth-order valence-electron chi connectivity index (χ4n) is 4.57. The molecule has 8 nitrogen and oxygen atoms in total. The molecule has 4 rings (SSSR count). The first kappa shape index (κ1) is 24.6. The second kappa shape index (κ2) is 10.0. The first-order valence-electron chi connectivity index (χ1n) is 11.6. The number of anilines is 1. The minimum atomic E-state index is -3.29. The van der Waals surface area contributed by atoms with Gasteiger partial charge in [0.15, 0.2) is 15.8 Å². The van der Waals surface area contributed by atoms with Gasteiger partial charge in [-0.25, -0.2) is 13.2 Å². The molecule has 9 heteroatoms. The Balaban J connectivity index is 1.78. The molecule has 184 valence electrons. The van der Waals surface area contributed by atoms with Gasteiger partial charge in [0, 0.05) is 29.4 Å². The van der Waals surface area contributed by atoms with Crippen molar-refractivity contribution in [3.63, 3.8) is 0 Å². The van der Waals surface area contributed by atoms with Gasteiger partial charge in [-0.3, -0.25) is 5.32 Å². The molecule has 1 aliphatic carbocycles. The summed E-state index contributed by atoms with van der Waals surface area (Å²) in [6.07, 6.45) is 4.59. The van der Waals surface area contributed by atoms with Crippen LogP contribution >= 0.6 is 0 Å². The van der Waals surface area contributed by atoms with Crippen LogP contribution in [0.25, 0.3) is 22.2 Å². The molecule has 1 amide bonds. The Morgan fingerprint density at radius 1 is 1.17 bits per heavy atom. The summed E-state index contributed by atoms with van der Waals surface area (Å²) < 4.78 is 36.0. The van der Waals surface area contributed by atoms with E-state index in [1.54, 1.807) is 32.0 Å². The summed E-state index contributed by atoms with van der Waals surface area (Å²) in [6, 6.07) is 15.3. The molecule has 0 aliphatic heterocycles. The van der Waals surface area contributed by atoms with E-state index in [4.69, 9.17) is 9.47 Å². The number of carbonyl (C=O) groups is 1. The fourth-order valence-corrected chi connectivity index (χ4v) is 4.92. The lowest BCUT2D eigenvalue weighted by molar-refractivity contribution is 0.130. The molecule has 35 heavy (non-hydrogen) atoms. The van der Waals surface area contributed by atoms with Crippen molar-refractivity contribution < 1.29 is 22.7 Å². The number of nitrogens with zero attached hydrogens (tertiary/aromatic N) is 2. The van der Waals surface area contributed by atoms with Gasteiger partial charge in [0.25, 0.3) is 0 Å². The van der Waals surface area contributed by atoms with E-state index in [0.717, 1.165) is 54.1 Å². The number of amides is 1. The van der Waals surface area contributed by atoms with Crippen LogP contribution in [0.1, 0.15) is 51.1 Å². The van der Waals surface area contributed by atoms with Crippen molar-refractivity contribution in [2.45, 2.75) is 51.7 Å². The second-order valence-electron chi connectivity index (χ2n) is 9.17. The minimum absolute atomic E-state index is 0.221. The van der Waals surface area contributed by atoms with Gasteiger partial charge in [-0.2, -0.15) is 5.26 Å². The van der Waals surface area contributed by atoms with Gasteiger partial charge < -0.3 is 14.0 Å². The quantitative estimate of drug-likeness (QED) is 0.455. The summed E-state index contributed by atoms with van der Waals surface area (Å²) in [5.74, 6) is 0.0350. The van der Waals surface area contributed by atoms with Crippen LogP contribution in [0.4, 0.5) is 10.5 Å². The van der Waals surface area contributed by atoms with E-state index in [2.05, 4.69) is 16.0 Å². The first-order valence-corrected chi connectivity index (χ1v) is 13.7. The number of hydrogen-bond donors (Lipinski definition) is 1. The van der Waals surface area contributed by atoms with Crippen molar-refractivity contribution in [1.29, 1.82) is 5.26 Å². The summed E-state index contributed by atoms with van der Waals surface area (Å²) in [4.78, 5) is 11.9. The number of aromatic nitrogens is 1. The van der Waals surface area contributed by atoms with E-state index >= 15 is 0 Å². The molecule has 2 aromatic carbocycles. The number of hydrogen-bond acceptors (Lipinski definition) is 6. The maximum absolute atomic E-state index is 11.9. The Bertz CT molecular complexity index is 1380. The van der Waals surface area contributed by atoms with Gasteiger partial charge in [0.2, 0.25) is 0 Å². The summed E-state index contributed by atoms with van der Waals surface area (Å²) in [6.45, 7) is 3.57. The highest BCUT2D eigenvalue weighted by Crippen LogP contribution is 2.42. The second-order valence-corrected chi connectivity index (χ2v) is 11.3. The van der Waals surface area contributed by atoms with E-state index in [1.165, 1.54) is 0 Å². The molecule has 0 saturated heterocycles. The molecule has 0 unspecified atom stereocenters. The zero-order valence-electron chi connectivity index (χ0n) is 20.1. The standard InChI is InChI=1S/C26H29N3O5S/c1-17(2)34-26(30)28-19-10-8-18(9-11-19)25-23(15-27)22-13-12-21(33-16-35(3,31)32)14-24(22)29(25)20-6-4-5-7-20/h8-14,17,20H,4-7,16H2,1-3H3,(H,28,30). The number of carbonyl (C=O) groups excluding carboxylic acids is 1. The number of ether oxygens (including phenoxy) is 2. The van der Waals surface area contributed by atoms with Crippen LogP contribution in [0.15, 0.2) is 42.5 Å². The minimum Gasteiger partial charge on any atom is -0.478 e. The lowest BCUT2D eigenvalue weighted by atomic mass is 10.1. The van der Waals surface area contributed by atoms with Crippen LogP contribution < -0.4 is 10.1 Å². The predicted molar refractivity (Wildman–Crippen MR) is 135 cm³/mol. The lowest BCUT2D eigenvalue weighted by Crippen LogP contribution is -2.17. The van der Waals surface area contributed by atoms with Gasteiger partial charge in [-0.05, 0) is 56.5 Å². The molecule has 1 aromatic heterocycles. The molecule has 0 atom stereocenters. The van der Waals surface area contributed by atoms with Crippen LogP contribution in [0.2, 0.25) is 0 Å². The Morgan fingerprint density at radius 3 is 2.46 bits per heavy atom. The van der Waals surface area contributed by atoms with Gasteiger partial charge in [0.1, 0.15) is 11.8 Å². The molecule has 0 radical (unpaired) electrons. The first-order chi connectivity index (χ1) is 16.7. The molecule has 3 aromatic rings. The van der Waals surface area contributed by atoms with Crippen molar-refractivity contribution in [3.8, 4) is 23.1 Å². The SMILES string of the molecule is CC(C)OC(=O)Nc1ccc(-c2c(C#N)c3ccc(OCS(C)(=O)=O)cc3n2C2CCCC2)cc1. The van der Waals surface area contributed by atoms with E-state index < -0.39 is 21.9 Å². The topological polar surface area (TPSA) is 110 Å². The van der Waals surface area contributed by atoms with Gasteiger partial charge in [-0.1, -0.05) is 25.0 Å². The molecule has 1 saturated carbocycles. The Morgan fingerprint density at radius 2 is 1.86 bits per heavy atom. The summed E-state index contributed by atoms with van der Waals surface area (Å²) in [7, 11) is -3.29. The average molecular weight is 496 g/mol. The summed E-state index contributed by atoms with van der Waals surface area (Å²) in [5.41, 5.74) is 3.66.